The molecule has 2 N–H and O–H groups in total. The van der Waals surface area contributed by atoms with E-state index in [2.05, 4.69) is 10.9 Å². The molecule has 2 aromatic carbocycles. The van der Waals surface area contributed by atoms with Crippen molar-refractivity contribution in [2.24, 2.45) is 0 Å². The van der Waals surface area contributed by atoms with Crippen molar-refractivity contribution in [2.45, 2.75) is 0 Å². The van der Waals surface area contributed by atoms with Gasteiger partial charge in [-0.15, -0.1) is 0 Å². The number of nitrogens with one attached hydrogen (secondary N) is 2. The number of hydrogen-bond acceptors (Lipinski definition) is 8. The van der Waals surface area contributed by atoms with Crippen LogP contribution >= 0.6 is 0 Å². The second kappa shape index (κ2) is 12.6. The lowest BCUT2D eigenvalue weighted by Crippen LogP contribution is -2.39. The van der Waals surface area contributed by atoms with E-state index in [4.69, 9.17) is 28.4 Å². The molecule has 0 aromatic heterocycles. The molecule has 0 radical (unpaired) electrons. The Bertz CT molecular complexity index is 943. The molecule has 0 aliphatic heterocycles. The van der Waals surface area contributed by atoms with Gasteiger partial charge in [0.05, 0.1) is 42.7 Å². The lowest BCUT2D eigenvalue weighted by atomic mass is 10.1. The topological polar surface area (TPSA) is 114 Å². The molecule has 10 nitrogen and oxygen atoms in total. The van der Waals surface area contributed by atoms with Crippen molar-refractivity contribution >= 4 is 24.0 Å². The van der Waals surface area contributed by atoms with Gasteiger partial charge in [0.1, 0.15) is 0 Å². The van der Waals surface area contributed by atoms with Crippen molar-refractivity contribution in [1.82, 2.24) is 10.9 Å². The van der Waals surface area contributed by atoms with Crippen LogP contribution in [0, 0.1) is 0 Å². The molecule has 0 unspecified atom stereocenters. The molecule has 0 aliphatic carbocycles. The van der Waals surface area contributed by atoms with Gasteiger partial charge < -0.3 is 28.4 Å². The largest absolute Gasteiger partial charge is 0.493 e. The van der Waals surface area contributed by atoms with Gasteiger partial charge in [-0.3, -0.25) is 20.4 Å². The molecule has 0 aliphatic rings. The zero-order valence-electron chi connectivity index (χ0n) is 19.9. The van der Waals surface area contributed by atoms with Crippen molar-refractivity contribution in [2.75, 3.05) is 42.7 Å². The number of benzene rings is 2. The van der Waals surface area contributed by atoms with E-state index in [1.54, 1.807) is 24.3 Å². The smallest absolute Gasteiger partial charge is 0.262 e. The fourth-order valence-electron chi connectivity index (χ4n) is 2.95. The molecule has 182 valence electrons. The Labute approximate surface area is 198 Å². The minimum atomic E-state index is -0.539. The summed E-state index contributed by atoms with van der Waals surface area (Å²) in [5.74, 6) is 1.61. The first-order valence-corrected chi connectivity index (χ1v) is 9.96. The summed E-state index contributed by atoms with van der Waals surface area (Å²) in [5, 5.41) is 0. The summed E-state index contributed by atoms with van der Waals surface area (Å²) in [6.45, 7) is 0. The third-order valence-corrected chi connectivity index (χ3v) is 4.54. The summed E-state index contributed by atoms with van der Waals surface area (Å²) < 4.78 is 31.7. The average molecular weight is 472 g/mol. The zero-order chi connectivity index (χ0) is 25.1. The van der Waals surface area contributed by atoms with E-state index < -0.39 is 11.8 Å². The molecule has 0 spiro atoms. The van der Waals surface area contributed by atoms with Crippen LogP contribution in [-0.2, 0) is 9.59 Å². The Morgan fingerprint density at radius 2 is 0.853 bits per heavy atom. The number of hydrogen-bond donors (Lipinski definition) is 2. The van der Waals surface area contributed by atoms with Gasteiger partial charge >= 0.3 is 0 Å². The Morgan fingerprint density at radius 1 is 0.559 bits per heavy atom. The van der Waals surface area contributed by atoms with Crippen LogP contribution in [0.3, 0.4) is 0 Å². The summed E-state index contributed by atoms with van der Waals surface area (Å²) in [4.78, 5) is 24.2. The summed E-state index contributed by atoms with van der Waals surface area (Å²) in [6.07, 6.45) is 5.59. The number of hydrazine groups is 1. The van der Waals surface area contributed by atoms with E-state index in [1.807, 2.05) is 0 Å². The van der Waals surface area contributed by atoms with Crippen molar-refractivity contribution in [3.63, 3.8) is 0 Å². The first-order chi connectivity index (χ1) is 16.4. The normalized spacial score (nSPS) is 10.6. The van der Waals surface area contributed by atoms with E-state index in [1.165, 1.54) is 67.0 Å². The maximum Gasteiger partial charge on any atom is 0.262 e. The van der Waals surface area contributed by atoms with Crippen molar-refractivity contribution in [1.29, 1.82) is 0 Å². The number of ether oxygens (including phenoxy) is 6. The second-order valence-corrected chi connectivity index (χ2v) is 6.56. The van der Waals surface area contributed by atoms with Gasteiger partial charge in [0.15, 0.2) is 23.0 Å². The van der Waals surface area contributed by atoms with Crippen molar-refractivity contribution in [3.05, 3.63) is 47.5 Å². The lowest BCUT2D eigenvalue weighted by Gasteiger charge is -2.13. The third kappa shape index (κ3) is 6.58. The average Bonchev–Trinajstić information content (AvgIpc) is 2.87. The molecule has 0 fully saturated rings. The van der Waals surface area contributed by atoms with Gasteiger partial charge in [0.25, 0.3) is 11.8 Å². The quantitative estimate of drug-likeness (QED) is 0.401. The summed E-state index contributed by atoms with van der Waals surface area (Å²) in [6, 6.07) is 6.74. The molecule has 0 saturated carbocycles. The van der Waals surface area contributed by atoms with Gasteiger partial charge in [-0.1, -0.05) is 0 Å². The highest BCUT2D eigenvalue weighted by Gasteiger charge is 2.13. The highest BCUT2D eigenvalue weighted by molar-refractivity contribution is 5.96. The van der Waals surface area contributed by atoms with Crippen LogP contribution in [0.1, 0.15) is 11.1 Å². The Morgan fingerprint density at radius 3 is 1.09 bits per heavy atom. The molecule has 2 aromatic rings. The summed E-state index contributed by atoms with van der Waals surface area (Å²) in [7, 11) is 9.00. The van der Waals surface area contributed by atoms with Gasteiger partial charge in [0.2, 0.25) is 11.5 Å². The van der Waals surface area contributed by atoms with Crippen LogP contribution < -0.4 is 39.3 Å². The Balaban J connectivity index is 2.01. The van der Waals surface area contributed by atoms with Gasteiger partial charge in [-0.2, -0.15) is 0 Å². The van der Waals surface area contributed by atoms with Crippen LogP contribution in [0.5, 0.6) is 34.5 Å². The van der Waals surface area contributed by atoms with E-state index >= 15 is 0 Å². The third-order valence-electron chi connectivity index (χ3n) is 4.54. The van der Waals surface area contributed by atoms with Crippen molar-refractivity contribution in [3.8, 4) is 34.5 Å². The van der Waals surface area contributed by atoms with Gasteiger partial charge in [-0.25, -0.2) is 0 Å². The minimum absolute atomic E-state index is 0.442. The van der Waals surface area contributed by atoms with Crippen molar-refractivity contribution < 1.29 is 38.0 Å². The summed E-state index contributed by atoms with van der Waals surface area (Å²) >= 11 is 0. The maximum atomic E-state index is 12.1. The predicted molar refractivity (Wildman–Crippen MR) is 127 cm³/mol. The molecule has 2 amide bonds. The predicted octanol–water partition coefficient (Wildman–Crippen LogP) is 2.61. The van der Waals surface area contributed by atoms with Crippen LogP contribution in [0.2, 0.25) is 0 Å². The molecular formula is C24H28N2O8. The second-order valence-electron chi connectivity index (χ2n) is 6.56. The molecular weight excluding hydrogens is 444 g/mol. The number of amides is 2. The molecule has 0 bridgehead atoms. The molecule has 2 rings (SSSR count). The zero-order valence-corrected chi connectivity index (χ0v) is 19.9. The van der Waals surface area contributed by atoms with Crippen LogP contribution in [0.15, 0.2) is 36.4 Å². The van der Waals surface area contributed by atoms with Gasteiger partial charge in [-0.05, 0) is 47.5 Å². The number of carbonyl (C=O) groups is 2. The molecule has 34 heavy (non-hydrogen) atoms. The molecule has 10 heteroatoms. The minimum Gasteiger partial charge on any atom is -0.493 e. The SMILES string of the molecule is COc1cc(/C=C/C(=O)NNC(=O)/C=C/c2cc(OC)c(OC)c(OC)c2)cc(OC)c1OC. The van der Waals surface area contributed by atoms with E-state index in [0.29, 0.717) is 45.6 Å². The first kappa shape index (κ1) is 25.9. The highest BCUT2D eigenvalue weighted by Crippen LogP contribution is 2.39. The summed E-state index contributed by atoms with van der Waals surface area (Å²) in [5.41, 5.74) is 5.87. The number of rotatable bonds is 10. The first-order valence-electron chi connectivity index (χ1n) is 9.96. The van der Waals surface area contributed by atoms with Gasteiger partial charge in [0, 0.05) is 12.2 Å². The van der Waals surface area contributed by atoms with Crippen LogP contribution in [0.25, 0.3) is 12.2 Å². The Kier molecular flexibility index (Phi) is 9.63. The molecule has 0 saturated heterocycles. The van der Waals surface area contributed by atoms with E-state index in [-0.39, 0.29) is 0 Å². The Hall–Kier alpha value is -4.34. The monoisotopic (exact) mass is 472 g/mol. The lowest BCUT2D eigenvalue weighted by molar-refractivity contribution is -0.123. The van der Waals surface area contributed by atoms with E-state index in [0.717, 1.165) is 0 Å². The maximum absolute atomic E-state index is 12.1. The molecule has 0 atom stereocenters. The van der Waals surface area contributed by atoms with Crippen LogP contribution in [0.4, 0.5) is 0 Å². The fourth-order valence-corrected chi connectivity index (χ4v) is 2.95. The molecule has 0 heterocycles. The number of carbonyl (C=O) groups excluding carboxylic acids is 2. The van der Waals surface area contributed by atoms with Crippen LogP contribution in [-0.4, -0.2) is 54.5 Å². The highest BCUT2D eigenvalue weighted by atomic mass is 16.5. The van der Waals surface area contributed by atoms with E-state index in [9.17, 15) is 9.59 Å². The standard InChI is InChI=1S/C24H28N2O8/c1-29-17-11-15(12-18(30-2)23(17)33-5)7-9-21(27)25-26-22(28)10-8-16-13-19(31-3)24(34-6)20(14-16)32-4/h7-14H,1-6H3,(H,25,27)(H,26,28)/b9-7+,10-8+. The number of methoxy groups -OCH3 is 6. The fraction of sp³-hybridized carbons (Fsp3) is 0.250.